The highest BCUT2D eigenvalue weighted by molar-refractivity contribution is 6.29. The van der Waals surface area contributed by atoms with Gasteiger partial charge in [-0.1, -0.05) is 24.3 Å². The van der Waals surface area contributed by atoms with E-state index in [9.17, 15) is 4.39 Å². The van der Waals surface area contributed by atoms with Gasteiger partial charge in [0.05, 0.1) is 5.52 Å². The molecular weight excluding hydrogens is 391 g/mol. The fourth-order valence-corrected chi connectivity index (χ4v) is 3.57. The molecule has 142 valence electrons. The molecule has 8 heteroatoms. The van der Waals surface area contributed by atoms with Crippen LogP contribution in [-0.2, 0) is 0 Å². The zero-order valence-corrected chi connectivity index (χ0v) is 16.0. The van der Waals surface area contributed by atoms with Crippen molar-refractivity contribution in [1.29, 1.82) is 0 Å². The Hall–Kier alpha value is -3.58. The third kappa shape index (κ3) is 2.96. The van der Waals surface area contributed by atoms with Crippen LogP contribution in [0.15, 0.2) is 66.9 Å². The number of fused-ring (bicyclic) bond motifs is 3. The summed E-state index contributed by atoms with van der Waals surface area (Å²) < 4.78 is 14.9. The zero-order chi connectivity index (χ0) is 20.0. The second-order valence-corrected chi connectivity index (χ2v) is 6.87. The maximum absolute atomic E-state index is 13.2. The van der Waals surface area contributed by atoms with Gasteiger partial charge in [-0.25, -0.2) is 9.38 Å². The molecule has 6 nitrogen and oxygen atoms in total. The van der Waals surface area contributed by atoms with Gasteiger partial charge in [0.15, 0.2) is 0 Å². The highest BCUT2D eigenvalue weighted by atomic mass is 35.5. The van der Waals surface area contributed by atoms with Crippen LogP contribution in [0.4, 0.5) is 15.9 Å². The molecule has 0 fully saturated rings. The average molecular weight is 405 g/mol. The van der Waals surface area contributed by atoms with Crippen molar-refractivity contribution in [1.82, 2.24) is 24.6 Å². The molecule has 5 aromatic rings. The van der Waals surface area contributed by atoms with E-state index in [1.807, 2.05) is 60.5 Å². The number of para-hydroxylation sites is 1. The first-order chi connectivity index (χ1) is 14.1. The third-order valence-corrected chi connectivity index (χ3v) is 5.05. The molecule has 29 heavy (non-hydrogen) atoms. The molecule has 0 aliphatic carbocycles. The number of aromatic nitrogens is 5. The Kier molecular flexibility index (Phi) is 4.10. The molecule has 3 aromatic heterocycles. The SMILES string of the molecule is CN(c1cccc(-c2ccc(F)nc2)c1)c1nc2nnc(Cl)n2c2ccccc12. The Balaban J connectivity index is 1.65. The highest BCUT2D eigenvalue weighted by Gasteiger charge is 2.16. The molecule has 0 aliphatic rings. The summed E-state index contributed by atoms with van der Waals surface area (Å²) in [7, 11) is 1.94. The summed E-state index contributed by atoms with van der Waals surface area (Å²) in [5.74, 6) is 0.652. The van der Waals surface area contributed by atoms with Crippen LogP contribution in [0.5, 0.6) is 0 Å². The van der Waals surface area contributed by atoms with Crippen LogP contribution in [0.2, 0.25) is 5.28 Å². The molecule has 0 saturated carbocycles. The number of nitrogens with zero attached hydrogens (tertiary/aromatic N) is 6. The fraction of sp³-hybridized carbons (Fsp3) is 0.0476. The molecule has 0 unspecified atom stereocenters. The van der Waals surface area contributed by atoms with Gasteiger partial charge in [-0.15, -0.1) is 10.2 Å². The van der Waals surface area contributed by atoms with E-state index in [1.165, 1.54) is 12.3 Å². The lowest BCUT2D eigenvalue weighted by atomic mass is 10.1. The van der Waals surface area contributed by atoms with Crippen molar-refractivity contribution in [2.24, 2.45) is 0 Å². The second kappa shape index (κ2) is 6.79. The van der Waals surface area contributed by atoms with Gasteiger partial charge in [0.1, 0.15) is 5.82 Å². The van der Waals surface area contributed by atoms with E-state index in [2.05, 4.69) is 20.2 Å². The summed E-state index contributed by atoms with van der Waals surface area (Å²) in [5.41, 5.74) is 3.55. The Morgan fingerprint density at radius 2 is 1.83 bits per heavy atom. The van der Waals surface area contributed by atoms with Gasteiger partial charge in [0, 0.05) is 29.9 Å². The van der Waals surface area contributed by atoms with Crippen LogP contribution < -0.4 is 4.90 Å². The van der Waals surface area contributed by atoms with Gasteiger partial charge in [-0.3, -0.25) is 0 Å². The zero-order valence-electron chi connectivity index (χ0n) is 15.3. The number of rotatable bonds is 3. The topological polar surface area (TPSA) is 59.2 Å². The van der Waals surface area contributed by atoms with Crippen molar-refractivity contribution in [2.75, 3.05) is 11.9 Å². The van der Waals surface area contributed by atoms with Crippen LogP contribution in [0.1, 0.15) is 0 Å². The van der Waals surface area contributed by atoms with Crippen molar-refractivity contribution in [3.8, 4) is 11.1 Å². The molecule has 0 aliphatic heterocycles. The lowest BCUT2D eigenvalue weighted by molar-refractivity contribution is 0.584. The Bertz CT molecular complexity index is 1350. The second-order valence-electron chi connectivity index (χ2n) is 6.54. The smallest absolute Gasteiger partial charge is 0.258 e. The van der Waals surface area contributed by atoms with E-state index < -0.39 is 5.95 Å². The molecular formula is C21H14ClFN6. The monoisotopic (exact) mass is 404 g/mol. The lowest BCUT2D eigenvalue weighted by Crippen LogP contribution is -2.13. The quantitative estimate of drug-likeness (QED) is 0.400. The first kappa shape index (κ1) is 17.5. The fourth-order valence-electron chi connectivity index (χ4n) is 3.37. The van der Waals surface area contributed by atoms with Gasteiger partial charge in [0.2, 0.25) is 11.2 Å². The third-order valence-electron chi connectivity index (χ3n) is 4.81. The van der Waals surface area contributed by atoms with Crippen molar-refractivity contribution in [3.63, 3.8) is 0 Å². The summed E-state index contributed by atoms with van der Waals surface area (Å²) in [6.07, 6.45) is 1.52. The molecule has 3 heterocycles. The van der Waals surface area contributed by atoms with Crippen LogP contribution in [0.3, 0.4) is 0 Å². The maximum Gasteiger partial charge on any atom is 0.258 e. The van der Waals surface area contributed by atoms with E-state index in [0.717, 1.165) is 33.5 Å². The highest BCUT2D eigenvalue weighted by Crippen LogP contribution is 2.32. The normalized spacial score (nSPS) is 11.3. The molecule has 0 amide bonds. The van der Waals surface area contributed by atoms with E-state index in [-0.39, 0.29) is 5.28 Å². The summed E-state index contributed by atoms with van der Waals surface area (Å²) >= 11 is 6.20. The summed E-state index contributed by atoms with van der Waals surface area (Å²) in [6.45, 7) is 0. The van der Waals surface area contributed by atoms with Crippen LogP contribution >= 0.6 is 11.6 Å². The van der Waals surface area contributed by atoms with Gasteiger partial charge in [0.25, 0.3) is 5.78 Å². The van der Waals surface area contributed by atoms with Crippen LogP contribution in [-0.4, -0.2) is 31.6 Å². The largest absolute Gasteiger partial charge is 0.329 e. The lowest BCUT2D eigenvalue weighted by Gasteiger charge is -2.21. The Morgan fingerprint density at radius 1 is 0.966 bits per heavy atom. The average Bonchev–Trinajstić information content (AvgIpc) is 3.14. The first-order valence-corrected chi connectivity index (χ1v) is 9.25. The number of pyridine rings is 1. The van der Waals surface area contributed by atoms with Crippen LogP contribution in [0, 0.1) is 5.95 Å². The number of anilines is 2. The van der Waals surface area contributed by atoms with Crippen molar-refractivity contribution >= 4 is 39.8 Å². The number of hydrogen-bond acceptors (Lipinski definition) is 5. The number of hydrogen-bond donors (Lipinski definition) is 0. The van der Waals surface area contributed by atoms with E-state index >= 15 is 0 Å². The first-order valence-electron chi connectivity index (χ1n) is 8.87. The standard InChI is InChI=1S/C21H14ClFN6/c1-28(15-6-4-5-13(11-15)14-9-10-18(23)24-12-14)19-16-7-2-3-8-17(16)29-20(22)26-27-21(29)25-19/h2-12H,1H3. The molecule has 5 rings (SSSR count). The molecule has 0 atom stereocenters. The maximum atomic E-state index is 13.2. The Morgan fingerprint density at radius 3 is 2.66 bits per heavy atom. The molecule has 0 bridgehead atoms. The minimum absolute atomic E-state index is 0.267. The molecule has 0 radical (unpaired) electrons. The summed E-state index contributed by atoms with van der Waals surface area (Å²) in [5, 5.41) is 9.20. The van der Waals surface area contributed by atoms with Crippen molar-refractivity contribution < 1.29 is 4.39 Å². The molecule has 0 N–H and O–H groups in total. The van der Waals surface area contributed by atoms with Gasteiger partial charge in [-0.2, -0.15) is 9.37 Å². The minimum atomic E-state index is -0.502. The van der Waals surface area contributed by atoms with Gasteiger partial charge >= 0.3 is 0 Å². The number of halogens is 2. The van der Waals surface area contributed by atoms with Gasteiger partial charge < -0.3 is 4.90 Å². The molecule has 0 spiro atoms. The number of benzene rings is 2. The van der Waals surface area contributed by atoms with E-state index in [4.69, 9.17) is 11.6 Å². The van der Waals surface area contributed by atoms with Gasteiger partial charge in [-0.05, 0) is 53.6 Å². The molecule has 0 saturated heterocycles. The van der Waals surface area contributed by atoms with E-state index in [0.29, 0.717) is 5.78 Å². The van der Waals surface area contributed by atoms with E-state index in [1.54, 1.807) is 10.5 Å². The summed E-state index contributed by atoms with van der Waals surface area (Å²) in [4.78, 5) is 10.4. The van der Waals surface area contributed by atoms with Crippen molar-refractivity contribution in [2.45, 2.75) is 0 Å². The van der Waals surface area contributed by atoms with Crippen LogP contribution in [0.25, 0.3) is 27.8 Å². The molecule has 2 aromatic carbocycles. The predicted octanol–water partition coefficient (Wildman–Crippen LogP) is 4.90. The summed E-state index contributed by atoms with van der Waals surface area (Å²) in [6, 6.07) is 18.8. The minimum Gasteiger partial charge on any atom is -0.329 e. The predicted molar refractivity (Wildman–Crippen MR) is 111 cm³/mol. The van der Waals surface area contributed by atoms with Crippen molar-refractivity contribution in [3.05, 3.63) is 78.1 Å². The Labute approximate surface area is 170 Å².